The first-order valence-electron chi connectivity index (χ1n) is 8.71. The number of para-hydroxylation sites is 1. The van der Waals surface area contributed by atoms with Crippen LogP contribution in [0, 0.1) is 0 Å². The third-order valence-electron chi connectivity index (χ3n) is 4.35. The van der Waals surface area contributed by atoms with Gasteiger partial charge in [-0.3, -0.25) is 4.79 Å². The molecule has 0 unspecified atom stereocenters. The smallest absolute Gasteiger partial charge is 0.228 e. The molecular formula is C20H26N2O4S. The molecule has 0 saturated heterocycles. The Kier molecular flexibility index (Phi) is 7.38. The van der Waals surface area contributed by atoms with Gasteiger partial charge in [0.05, 0.1) is 13.4 Å². The van der Waals surface area contributed by atoms with Crippen LogP contribution in [0.1, 0.15) is 12.0 Å². The summed E-state index contributed by atoms with van der Waals surface area (Å²) in [4.78, 5) is 14.0. The molecule has 2 rings (SSSR count). The summed E-state index contributed by atoms with van der Waals surface area (Å²) in [5.74, 6) is 0.606. The fourth-order valence-corrected chi connectivity index (χ4v) is 3.55. The van der Waals surface area contributed by atoms with Crippen LogP contribution in [-0.2, 0) is 21.2 Å². The van der Waals surface area contributed by atoms with Crippen molar-refractivity contribution in [1.82, 2.24) is 4.31 Å². The lowest BCUT2D eigenvalue weighted by atomic mass is 10.1. The van der Waals surface area contributed by atoms with E-state index in [0.29, 0.717) is 13.0 Å². The molecule has 1 amide bonds. The molecule has 0 radical (unpaired) electrons. The number of carbonyl (C=O) groups is 1. The minimum atomic E-state index is -3.41. The second kappa shape index (κ2) is 9.53. The molecule has 7 heteroatoms. The first-order chi connectivity index (χ1) is 12.8. The molecule has 146 valence electrons. The van der Waals surface area contributed by atoms with Crippen molar-refractivity contribution in [2.24, 2.45) is 0 Å². The second-order valence-electron chi connectivity index (χ2n) is 6.30. The summed E-state index contributed by atoms with van der Waals surface area (Å²) >= 11 is 0. The van der Waals surface area contributed by atoms with Crippen LogP contribution in [-0.4, -0.2) is 52.1 Å². The van der Waals surface area contributed by atoms with Gasteiger partial charge in [-0.25, -0.2) is 12.7 Å². The number of nitrogens with zero attached hydrogens (tertiary/aromatic N) is 2. The average Bonchev–Trinajstić information content (AvgIpc) is 2.67. The molecule has 27 heavy (non-hydrogen) atoms. The average molecular weight is 391 g/mol. The van der Waals surface area contributed by atoms with Gasteiger partial charge in [-0.05, 0) is 36.2 Å². The number of rotatable bonds is 9. The lowest BCUT2D eigenvalue weighted by Gasteiger charge is -2.22. The molecule has 0 N–H and O–H groups in total. The number of benzene rings is 2. The lowest BCUT2D eigenvalue weighted by molar-refractivity contribution is -0.118. The van der Waals surface area contributed by atoms with E-state index in [2.05, 4.69) is 0 Å². The topological polar surface area (TPSA) is 66.9 Å². The number of hydrogen-bond acceptors (Lipinski definition) is 4. The number of carbonyl (C=O) groups excluding carboxylic acids is 1. The highest BCUT2D eigenvalue weighted by atomic mass is 32.2. The van der Waals surface area contributed by atoms with Gasteiger partial charge in [-0.15, -0.1) is 0 Å². The molecular weight excluding hydrogens is 364 g/mol. The van der Waals surface area contributed by atoms with Crippen LogP contribution in [0.25, 0.3) is 0 Å². The van der Waals surface area contributed by atoms with E-state index >= 15 is 0 Å². The first-order valence-corrected chi connectivity index (χ1v) is 10.6. The number of hydrogen-bond donors (Lipinski definition) is 0. The first kappa shape index (κ1) is 20.9. The molecule has 0 atom stereocenters. The summed E-state index contributed by atoms with van der Waals surface area (Å²) in [7, 11) is -0.118. The monoisotopic (exact) mass is 390 g/mol. The molecule has 0 bridgehead atoms. The Labute approximate surface area is 161 Å². The number of sulfonamides is 1. The minimum Gasteiger partial charge on any atom is -0.497 e. The lowest BCUT2D eigenvalue weighted by Crippen LogP contribution is -2.36. The van der Waals surface area contributed by atoms with E-state index in [9.17, 15) is 13.2 Å². The van der Waals surface area contributed by atoms with Gasteiger partial charge in [0, 0.05) is 32.2 Å². The predicted octanol–water partition coefficient (Wildman–Crippen LogP) is 2.55. The molecule has 0 aliphatic rings. The van der Waals surface area contributed by atoms with Gasteiger partial charge in [-0.2, -0.15) is 0 Å². The van der Waals surface area contributed by atoms with Gasteiger partial charge in [0.15, 0.2) is 0 Å². The van der Waals surface area contributed by atoms with Crippen LogP contribution in [0.2, 0.25) is 0 Å². The Morgan fingerprint density at radius 1 is 1.04 bits per heavy atom. The Hall–Kier alpha value is -2.38. The van der Waals surface area contributed by atoms with Crippen LogP contribution in [0.5, 0.6) is 5.75 Å². The summed E-state index contributed by atoms with van der Waals surface area (Å²) in [5.41, 5.74) is 1.76. The van der Waals surface area contributed by atoms with Crippen molar-refractivity contribution in [2.75, 3.05) is 38.4 Å². The van der Waals surface area contributed by atoms with Crippen molar-refractivity contribution in [3.8, 4) is 5.75 Å². The zero-order valence-electron chi connectivity index (χ0n) is 16.0. The third kappa shape index (κ3) is 6.37. The van der Waals surface area contributed by atoms with E-state index < -0.39 is 10.0 Å². The molecule has 0 aromatic heterocycles. The number of amides is 1. The SMILES string of the molecule is COc1cccc(CCN(CCC(=O)N(C)c2ccccc2)S(C)(=O)=O)c1. The maximum absolute atomic E-state index is 12.4. The van der Waals surface area contributed by atoms with E-state index in [4.69, 9.17) is 4.74 Å². The molecule has 0 fully saturated rings. The maximum atomic E-state index is 12.4. The second-order valence-corrected chi connectivity index (χ2v) is 8.28. The minimum absolute atomic E-state index is 0.122. The Morgan fingerprint density at radius 2 is 1.74 bits per heavy atom. The van der Waals surface area contributed by atoms with Crippen LogP contribution < -0.4 is 9.64 Å². The standard InChI is InChI=1S/C20H26N2O4S/c1-21(18-9-5-4-6-10-18)20(23)13-15-22(27(3,24)25)14-12-17-8-7-11-19(16-17)26-2/h4-11,16H,12-15H2,1-3H3. The van der Waals surface area contributed by atoms with Crippen molar-refractivity contribution < 1.29 is 17.9 Å². The van der Waals surface area contributed by atoms with Crippen LogP contribution in [0.3, 0.4) is 0 Å². The molecule has 0 saturated carbocycles. The Bertz CT molecular complexity index is 853. The quantitative estimate of drug-likeness (QED) is 0.660. The van der Waals surface area contributed by atoms with E-state index in [-0.39, 0.29) is 18.9 Å². The van der Waals surface area contributed by atoms with Gasteiger partial charge < -0.3 is 9.64 Å². The normalized spacial score (nSPS) is 11.4. The number of methoxy groups -OCH3 is 1. The zero-order valence-corrected chi connectivity index (χ0v) is 16.8. The highest BCUT2D eigenvalue weighted by Crippen LogP contribution is 2.15. The van der Waals surface area contributed by atoms with Gasteiger partial charge in [-0.1, -0.05) is 30.3 Å². The molecule has 0 spiro atoms. The van der Waals surface area contributed by atoms with Crippen LogP contribution in [0.4, 0.5) is 5.69 Å². The summed E-state index contributed by atoms with van der Waals surface area (Å²) < 4.78 is 30.8. The predicted molar refractivity (Wildman–Crippen MR) is 108 cm³/mol. The molecule has 0 heterocycles. The summed E-state index contributed by atoms with van der Waals surface area (Å²) in [6.45, 7) is 0.465. The molecule has 2 aromatic rings. The summed E-state index contributed by atoms with van der Waals surface area (Å²) in [5, 5.41) is 0. The molecule has 0 aliphatic heterocycles. The molecule has 0 aliphatic carbocycles. The van der Waals surface area contributed by atoms with Gasteiger partial charge in [0.1, 0.15) is 5.75 Å². The van der Waals surface area contributed by atoms with Crippen molar-refractivity contribution in [2.45, 2.75) is 12.8 Å². The Morgan fingerprint density at radius 3 is 2.37 bits per heavy atom. The summed E-state index contributed by atoms with van der Waals surface area (Å²) in [6.07, 6.45) is 1.84. The summed E-state index contributed by atoms with van der Waals surface area (Å²) in [6, 6.07) is 16.8. The highest BCUT2D eigenvalue weighted by Gasteiger charge is 2.19. The van der Waals surface area contributed by atoms with Gasteiger partial charge >= 0.3 is 0 Å². The van der Waals surface area contributed by atoms with E-state index in [1.165, 1.54) is 10.6 Å². The molecule has 6 nitrogen and oxygen atoms in total. The molecule has 2 aromatic carbocycles. The number of anilines is 1. The van der Waals surface area contributed by atoms with Crippen LogP contribution in [0.15, 0.2) is 54.6 Å². The van der Waals surface area contributed by atoms with E-state index in [1.807, 2.05) is 54.6 Å². The van der Waals surface area contributed by atoms with Crippen molar-refractivity contribution in [1.29, 1.82) is 0 Å². The highest BCUT2D eigenvalue weighted by molar-refractivity contribution is 7.88. The number of ether oxygens (including phenoxy) is 1. The fraction of sp³-hybridized carbons (Fsp3) is 0.350. The van der Waals surface area contributed by atoms with Gasteiger partial charge in [0.2, 0.25) is 15.9 Å². The van der Waals surface area contributed by atoms with Crippen LogP contribution >= 0.6 is 0 Å². The third-order valence-corrected chi connectivity index (χ3v) is 5.65. The largest absolute Gasteiger partial charge is 0.497 e. The van der Waals surface area contributed by atoms with Gasteiger partial charge in [0.25, 0.3) is 0 Å². The van der Waals surface area contributed by atoms with E-state index in [1.54, 1.807) is 19.1 Å². The zero-order chi connectivity index (χ0) is 19.9. The van der Waals surface area contributed by atoms with Crippen molar-refractivity contribution in [3.63, 3.8) is 0 Å². The maximum Gasteiger partial charge on any atom is 0.228 e. The fourth-order valence-electron chi connectivity index (χ4n) is 2.71. The van der Waals surface area contributed by atoms with Crippen molar-refractivity contribution in [3.05, 3.63) is 60.2 Å². The van der Waals surface area contributed by atoms with E-state index in [0.717, 1.165) is 17.0 Å². The van der Waals surface area contributed by atoms with Crippen molar-refractivity contribution >= 4 is 21.6 Å². The Balaban J connectivity index is 1.97.